The van der Waals surface area contributed by atoms with Crippen molar-refractivity contribution in [1.82, 2.24) is 10.2 Å². The average molecular weight is 373 g/mol. The Hall–Kier alpha value is -1.55. The normalized spacial score (nSPS) is 19.8. The van der Waals surface area contributed by atoms with Gasteiger partial charge in [0.25, 0.3) is 0 Å². The number of hydrogen-bond acceptors (Lipinski definition) is 3. The van der Waals surface area contributed by atoms with Crippen LogP contribution < -0.4 is 10.1 Å². The molecular formula is C23H36N2O2. The molecule has 1 saturated heterocycles. The van der Waals surface area contributed by atoms with Gasteiger partial charge in [0.1, 0.15) is 5.75 Å². The van der Waals surface area contributed by atoms with Gasteiger partial charge in [-0.1, -0.05) is 37.0 Å². The summed E-state index contributed by atoms with van der Waals surface area (Å²) in [6.45, 7) is 8.08. The van der Waals surface area contributed by atoms with Crippen molar-refractivity contribution >= 4 is 5.91 Å². The van der Waals surface area contributed by atoms with Crippen LogP contribution in [0.15, 0.2) is 18.2 Å². The van der Waals surface area contributed by atoms with Crippen LogP contribution in [0.2, 0.25) is 0 Å². The lowest BCUT2D eigenvalue weighted by atomic mass is 9.88. The molecule has 0 aromatic heterocycles. The monoisotopic (exact) mass is 372 g/mol. The van der Waals surface area contributed by atoms with Crippen molar-refractivity contribution in [3.05, 3.63) is 29.3 Å². The summed E-state index contributed by atoms with van der Waals surface area (Å²) in [4.78, 5) is 14.8. The molecule has 1 aromatic rings. The molecule has 1 amide bonds. The summed E-state index contributed by atoms with van der Waals surface area (Å²) in [5.74, 6) is 1.90. The molecule has 1 N–H and O–H groups in total. The molecule has 0 bridgehead atoms. The van der Waals surface area contributed by atoms with E-state index in [9.17, 15) is 4.79 Å². The molecule has 1 aliphatic heterocycles. The summed E-state index contributed by atoms with van der Waals surface area (Å²) < 4.78 is 5.78. The molecule has 2 aliphatic rings. The number of amides is 1. The third-order valence-electron chi connectivity index (χ3n) is 6.11. The van der Waals surface area contributed by atoms with Crippen molar-refractivity contribution in [1.29, 1.82) is 0 Å². The van der Waals surface area contributed by atoms with E-state index in [0.29, 0.717) is 19.1 Å². The van der Waals surface area contributed by atoms with Gasteiger partial charge < -0.3 is 15.0 Å². The first-order valence-corrected chi connectivity index (χ1v) is 10.8. The molecule has 4 heteroatoms. The molecule has 0 unspecified atom stereocenters. The van der Waals surface area contributed by atoms with Crippen LogP contribution >= 0.6 is 0 Å². The minimum Gasteiger partial charge on any atom is -0.493 e. The van der Waals surface area contributed by atoms with Gasteiger partial charge in [0.2, 0.25) is 5.91 Å². The second-order valence-electron chi connectivity index (χ2n) is 8.51. The lowest BCUT2D eigenvalue weighted by Gasteiger charge is -2.35. The van der Waals surface area contributed by atoms with Crippen molar-refractivity contribution in [3.8, 4) is 5.75 Å². The zero-order chi connectivity index (χ0) is 19.1. The zero-order valence-electron chi connectivity index (χ0n) is 17.1. The van der Waals surface area contributed by atoms with Crippen molar-refractivity contribution < 1.29 is 9.53 Å². The maximum Gasteiger partial charge on any atom is 0.223 e. The van der Waals surface area contributed by atoms with Gasteiger partial charge in [-0.3, -0.25) is 4.79 Å². The molecule has 1 heterocycles. The smallest absolute Gasteiger partial charge is 0.223 e. The van der Waals surface area contributed by atoms with E-state index in [1.54, 1.807) is 0 Å². The highest BCUT2D eigenvalue weighted by atomic mass is 16.5. The minimum absolute atomic E-state index is 0.116. The molecule has 0 atom stereocenters. The minimum atomic E-state index is 0.116. The van der Waals surface area contributed by atoms with E-state index in [1.807, 2.05) is 19.1 Å². The number of rotatable bonds is 7. The fourth-order valence-electron chi connectivity index (χ4n) is 4.51. The van der Waals surface area contributed by atoms with Crippen LogP contribution in [0.1, 0.15) is 62.5 Å². The van der Waals surface area contributed by atoms with Gasteiger partial charge in [0.05, 0.1) is 13.0 Å². The number of benzene rings is 1. The van der Waals surface area contributed by atoms with Crippen LogP contribution in [0, 0.1) is 19.8 Å². The molecule has 1 saturated carbocycles. The summed E-state index contributed by atoms with van der Waals surface area (Å²) in [5.41, 5.74) is 2.35. The number of nitrogens with zero attached hydrogens (tertiary/aromatic N) is 1. The summed E-state index contributed by atoms with van der Waals surface area (Å²) in [6, 6.07) is 6.48. The Kier molecular flexibility index (Phi) is 7.57. The van der Waals surface area contributed by atoms with Crippen molar-refractivity contribution in [2.75, 3.05) is 26.2 Å². The standard InChI is InChI=1S/C23H36N2O2/c1-18-8-9-22(19(2)16-18)27-15-12-23(26)24-21-10-13-25(14-11-21)17-20-6-4-3-5-7-20/h8-9,16,20-21H,3-7,10-15,17H2,1-2H3,(H,24,26). The van der Waals surface area contributed by atoms with Gasteiger partial charge in [-0.05, 0) is 57.1 Å². The molecule has 1 aromatic carbocycles. The SMILES string of the molecule is Cc1ccc(OCCC(=O)NC2CCN(CC3CCCCC3)CC2)c(C)c1. The maximum atomic E-state index is 12.2. The number of carbonyl (C=O) groups is 1. The molecule has 4 nitrogen and oxygen atoms in total. The van der Waals surface area contributed by atoms with Gasteiger partial charge in [0, 0.05) is 25.7 Å². The highest BCUT2D eigenvalue weighted by Gasteiger charge is 2.23. The Morgan fingerprint density at radius 2 is 1.85 bits per heavy atom. The van der Waals surface area contributed by atoms with Gasteiger partial charge in [0.15, 0.2) is 0 Å². The molecule has 2 fully saturated rings. The van der Waals surface area contributed by atoms with Gasteiger partial charge >= 0.3 is 0 Å². The first kappa shape index (κ1) is 20.2. The van der Waals surface area contributed by atoms with Crippen LogP contribution in [0.4, 0.5) is 0 Å². The number of carbonyl (C=O) groups excluding carboxylic acids is 1. The second-order valence-corrected chi connectivity index (χ2v) is 8.51. The van der Waals surface area contributed by atoms with E-state index in [2.05, 4.69) is 23.2 Å². The Balaban J connectivity index is 1.31. The predicted octanol–water partition coefficient (Wildman–Crippen LogP) is 4.23. The Morgan fingerprint density at radius 1 is 1.11 bits per heavy atom. The quantitative estimate of drug-likeness (QED) is 0.779. The van der Waals surface area contributed by atoms with Crippen LogP contribution in [0.3, 0.4) is 0 Å². The van der Waals surface area contributed by atoms with Crippen LogP contribution in [0.5, 0.6) is 5.75 Å². The number of piperidine rings is 1. The number of aryl methyl sites for hydroxylation is 2. The van der Waals surface area contributed by atoms with Gasteiger partial charge in [-0.25, -0.2) is 0 Å². The topological polar surface area (TPSA) is 41.6 Å². The third-order valence-corrected chi connectivity index (χ3v) is 6.11. The predicted molar refractivity (Wildman–Crippen MR) is 110 cm³/mol. The molecular weight excluding hydrogens is 336 g/mol. The van der Waals surface area contributed by atoms with E-state index in [0.717, 1.165) is 43.2 Å². The number of hydrogen-bond donors (Lipinski definition) is 1. The average Bonchev–Trinajstić information content (AvgIpc) is 2.66. The largest absolute Gasteiger partial charge is 0.493 e. The molecule has 0 spiro atoms. The van der Waals surface area contributed by atoms with Gasteiger partial charge in [-0.15, -0.1) is 0 Å². The molecule has 150 valence electrons. The number of ether oxygens (including phenoxy) is 1. The maximum absolute atomic E-state index is 12.2. The molecule has 1 aliphatic carbocycles. The lowest BCUT2D eigenvalue weighted by Crippen LogP contribution is -2.46. The summed E-state index contributed by atoms with van der Waals surface area (Å²) in [6.07, 6.45) is 9.68. The summed E-state index contributed by atoms with van der Waals surface area (Å²) in [5, 5.41) is 3.21. The van der Waals surface area contributed by atoms with Crippen molar-refractivity contribution in [2.45, 2.75) is 71.3 Å². The Labute approximate surface area is 164 Å². The second kappa shape index (κ2) is 10.1. The van der Waals surface area contributed by atoms with Crippen LogP contribution in [-0.2, 0) is 4.79 Å². The fraction of sp³-hybridized carbons (Fsp3) is 0.696. The molecule has 27 heavy (non-hydrogen) atoms. The van der Waals surface area contributed by atoms with E-state index in [4.69, 9.17) is 4.74 Å². The fourth-order valence-corrected chi connectivity index (χ4v) is 4.51. The zero-order valence-corrected chi connectivity index (χ0v) is 17.1. The first-order valence-electron chi connectivity index (χ1n) is 10.8. The van der Waals surface area contributed by atoms with Gasteiger partial charge in [-0.2, -0.15) is 0 Å². The third kappa shape index (κ3) is 6.53. The first-order chi connectivity index (χ1) is 13.1. The van der Waals surface area contributed by atoms with E-state index in [-0.39, 0.29) is 5.91 Å². The van der Waals surface area contributed by atoms with Crippen LogP contribution in [0.25, 0.3) is 0 Å². The highest BCUT2D eigenvalue weighted by molar-refractivity contribution is 5.76. The summed E-state index contributed by atoms with van der Waals surface area (Å²) in [7, 11) is 0. The van der Waals surface area contributed by atoms with Crippen molar-refractivity contribution in [3.63, 3.8) is 0 Å². The Morgan fingerprint density at radius 3 is 2.56 bits per heavy atom. The highest BCUT2D eigenvalue weighted by Crippen LogP contribution is 2.25. The van der Waals surface area contributed by atoms with E-state index < -0.39 is 0 Å². The molecule has 0 radical (unpaired) electrons. The van der Waals surface area contributed by atoms with Crippen molar-refractivity contribution in [2.24, 2.45) is 5.92 Å². The number of likely N-dealkylation sites (tertiary alicyclic amines) is 1. The van der Waals surface area contributed by atoms with E-state index in [1.165, 1.54) is 44.2 Å². The lowest BCUT2D eigenvalue weighted by molar-refractivity contribution is -0.122. The number of nitrogens with one attached hydrogen (secondary N) is 1. The van der Waals surface area contributed by atoms with E-state index >= 15 is 0 Å². The molecule has 3 rings (SSSR count). The van der Waals surface area contributed by atoms with Crippen LogP contribution in [-0.4, -0.2) is 43.1 Å². The Bertz CT molecular complexity index is 602. The summed E-state index contributed by atoms with van der Waals surface area (Å²) >= 11 is 0.